The summed E-state index contributed by atoms with van der Waals surface area (Å²) in [4.78, 5) is 21.9. The van der Waals surface area contributed by atoms with E-state index in [-0.39, 0.29) is 11.6 Å². The van der Waals surface area contributed by atoms with Crippen molar-refractivity contribution in [2.45, 2.75) is 71.6 Å². The maximum atomic E-state index is 11.4. The third-order valence-electron chi connectivity index (χ3n) is 3.47. The normalized spacial score (nSPS) is 12.1. The highest BCUT2D eigenvalue weighted by Gasteiger charge is 2.02. The second kappa shape index (κ2) is 12.2. The predicted octanol–water partition coefficient (Wildman–Crippen LogP) is 2.96. The van der Waals surface area contributed by atoms with Gasteiger partial charge in [0.15, 0.2) is 7.85 Å². The number of hydrogen-bond acceptors (Lipinski definition) is 2. The van der Waals surface area contributed by atoms with Gasteiger partial charge in [-0.1, -0.05) is 46.0 Å². The van der Waals surface area contributed by atoms with Gasteiger partial charge >= 0.3 is 0 Å². The number of carbonyl (C=O) groups excluding carboxylic acids is 2. The van der Waals surface area contributed by atoms with Crippen LogP contribution in [0.4, 0.5) is 0 Å². The lowest BCUT2D eigenvalue weighted by molar-refractivity contribution is -0.121. The Hall–Kier alpha value is -0.795. The summed E-state index contributed by atoms with van der Waals surface area (Å²) in [6.45, 7) is 5.28. The fraction of sp³-hybridized carbons (Fsp3) is 0.867. The molecule has 0 aliphatic heterocycles. The van der Waals surface area contributed by atoms with Crippen molar-refractivity contribution in [3.05, 3.63) is 0 Å². The van der Waals surface area contributed by atoms with E-state index >= 15 is 0 Å². The first-order chi connectivity index (χ1) is 9.06. The molecule has 0 spiro atoms. The Morgan fingerprint density at radius 3 is 2.37 bits per heavy atom. The van der Waals surface area contributed by atoms with Gasteiger partial charge in [0.05, 0.1) is 5.68 Å². The lowest BCUT2D eigenvalue weighted by Crippen LogP contribution is -2.24. The highest BCUT2D eigenvalue weighted by Crippen LogP contribution is 2.12. The number of hydrogen-bond donors (Lipinski definition) is 1. The van der Waals surface area contributed by atoms with Crippen LogP contribution in [0.5, 0.6) is 0 Å². The minimum atomic E-state index is -0.339. The van der Waals surface area contributed by atoms with Gasteiger partial charge in [0.1, 0.15) is 0 Å². The molecule has 2 radical (unpaired) electrons. The molecule has 4 heteroatoms. The number of nitrogens with one attached hydrogen (secondary N) is 1. The van der Waals surface area contributed by atoms with E-state index in [9.17, 15) is 9.59 Å². The summed E-state index contributed by atoms with van der Waals surface area (Å²) in [6, 6.07) is 0. The van der Waals surface area contributed by atoms with E-state index in [1.165, 1.54) is 32.1 Å². The van der Waals surface area contributed by atoms with Gasteiger partial charge in [-0.2, -0.15) is 0 Å². The molecule has 0 aliphatic rings. The Morgan fingerprint density at radius 2 is 1.74 bits per heavy atom. The third-order valence-corrected chi connectivity index (χ3v) is 3.47. The number of amides is 1. The molecule has 0 heterocycles. The molecule has 0 rings (SSSR count). The minimum Gasteiger partial charge on any atom is -0.356 e. The average Bonchev–Trinajstić information content (AvgIpc) is 2.36. The van der Waals surface area contributed by atoms with Crippen molar-refractivity contribution in [1.29, 1.82) is 0 Å². The first kappa shape index (κ1) is 18.2. The number of rotatable bonds is 12. The molecule has 0 fully saturated rings. The first-order valence-corrected chi connectivity index (χ1v) is 7.61. The summed E-state index contributed by atoms with van der Waals surface area (Å²) in [5.41, 5.74) is -0.339. The first-order valence-electron chi connectivity index (χ1n) is 7.61. The van der Waals surface area contributed by atoms with Crippen molar-refractivity contribution in [3.8, 4) is 0 Å². The summed E-state index contributed by atoms with van der Waals surface area (Å²) in [7, 11) is 5.01. The van der Waals surface area contributed by atoms with Crippen molar-refractivity contribution >= 4 is 19.4 Å². The van der Waals surface area contributed by atoms with Gasteiger partial charge in [0.25, 0.3) is 0 Å². The van der Waals surface area contributed by atoms with Gasteiger partial charge in [-0.25, -0.2) is 0 Å². The summed E-state index contributed by atoms with van der Waals surface area (Å²) >= 11 is 0. The topological polar surface area (TPSA) is 46.2 Å². The molecule has 0 saturated carbocycles. The molecule has 1 amide bonds. The van der Waals surface area contributed by atoms with Crippen molar-refractivity contribution in [2.24, 2.45) is 5.92 Å². The van der Waals surface area contributed by atoms with Crippen LogP contribution in [0.1, 0.15) is 71.6 Å². The van der Waals surface area contributed by atoms with Crippen LogP contribution in [0.2, 0.25) is 0 Å². The van der Waals surface area contributed by atoms with Crippen LogP contribution in [0.3, 0.4) is 0 Å². The Bertz CT molecular complexity index is 257. The van der Waals surface area contributed by atoms with Gasteiger partial charge in [-0.15, -0.1) is 0 Å². The number of carbonyl (C=O) groups is 2. The van der Waals surface area contributed by atoms with Gasteiger partial charge in [-0.3, -0.25) is 4.79 Å². The largest absolute Gasteiger partial charge is 0.356 e. The van der Waals surface area contributed by atoms with Crippen LogP contribution < -0.4 is 5.32 Å². The van der Waals surface area contributed by atoms with Crippen molar-refractivity contribution in [1.82, 2.24) is 5.32 Å². The van der Waals surface area contributed by atoms with E-state index in [4.69, 9.17) is 7.85 Å². The van der Waals surface area contributed by atoms with Gasteiger partial charge in [-0.05, 0) is 25.2 Å². The highest BCUT2D eigenvalue weighted by atomic mass is 16.1. The molecule has 0 aliphatic carbocycles. The molecule has 0 aromatic rings. The number of unbranched alkanes of at least 4 members (excludes halogenated alkanes) is 3. The molecular weight excluding hydrogens is 237 g/mol. The second-order valence-corrected chi connectivity index (χ2v) is 5.39. The lowest BCUT2D eigenvalue weighted by atomic mass is 9.97. The average molecular weight is 265 g/mol. The van der Waals surface area contributed by atoms with Crippen LogP contribution in [0.25, 0.3) is 0 Å². The van der Waals surface area contributed by atoms with Crippen molar-refractivity contribution in [3.63, 3.8) is 0 Å². The van der Waals surface area contributed by atoms with E-state index < -0.39 is 0 Å². The van der Waals surface area contributed by atoms with Gasteiger partial charge in [0.2, 0.25) is 5.91 Å². The summed E-state index contributed by atoms with van der Waals surface area (Å²) < 4.78 is 0. The van der Waals surface area contributed by atoms with Gasteiger partial charge in [0, 0.05) is 13.0 Å². The zero-order valence-electron chi connectivity index (χ0n) is 12.5. The second-order valence-electron chi connectivity index (χ2n) is 5.39. The molecule has 0 aromatic heterocycles. The molecule has 19 heavy (non-hydrogen) atoms. The Morgan fingerprint density at radius 1 is 1.05 bits per heavy atom. The zero-order valence-corrected chi connectivity index (χ0v) is 12.5. The van der Waals surface area contributed by atoms with Crippen molar-refractivity contribution in [2.75, 3.05) is 6.54 Å². The van der Waals surface area contributed by atoms with E-state index in [2.05, 4.69) is 19.2 Å². The molecular formula is C15H28BNO2. The lowest BCUT2D eigenvalue weighted by Gasteiger charge is -2.08. The minimum absolute atomic E-state index is 0.0286. The summed E-state index contributed by atoms with van der Waals surface area (Å²) in [5, 5.41) is 2.88. The van der Waals surface area contributed by atoms with Crippen LogP contribution in [0.15, 0.2) is 0 Å². The van der Waals surface area contributed by atoms with Crippen LogP contribution in [-0.4, -0.2) is 26.0 Å². The van der Waals surface area contributed by atoms with Crippen LogP contribution in [-0.2, 0) is 9.59 Å². The molecule has 0 aromatic carbocycles. The smallest absolute Gasteiger partial charge is 0.220 e. The molecule has 108 valence electrons. The van der Waals surface area contributed by atoms with E-state index in [1.807, 2.05) is 0 Å². The molecule has 1 unspecified atom stereocenters. The summed E-state index contributed by atoms with van der Waals surface area (Å²) in [6.07, 6.45) is 8.59. The van der Waals surface area contributed by atoms with Crippen molar-refractivity contribution < 1.29 is 9.59 Å². The molecule has 0 saturated heterocycles. The maximum Gasteiger partial charge on any atom is 0.220 e. The third kappa shape index (κ3) is 13.4. The Balaban J connectivity index is 3.25. The highest BCUT2D eigenvalue weighted by molar-refractivity contribution is 6.57. The maximum absolute atomic E-state index is 11.4. The SMILES string of the molecule is [B]C(=O)CCCC(=O)NCCCCCCC(C)CC. The summed E-state index contributed by atoms with van der Waals surface area (Å²) in [5.74, 6) is 0.866. The quantitative estimate of drug-likeness (QED) is 0.435. The molecule has 1 N–H and O–H groups in total. The molecule has 0 bridgehead atoms. The van der Waals surface area contributed by atoms with Crippen LogP contribution in [0, 0.1) is 5.92 Å². The monoisotopic (exact) mass is 265 g/mol. The standard InChI is InChI=1S/C15H28BNO2/c1-3-13(2)9-6-4-5-7-12-17-15(19)11-8-10-14(16)18/h13H,3-12H2,1-2H3,(H,17,19). The Labute approximate surface area is 119 Å². The van der Waals surface area contributed by atoms with E-state index in [1.54, 1.807) is 0 Å². The van der Waals surface area contributed by atoms with E-state index in [0.29, 0.717) is 19.3 Å². The fourth-order valence-electron chi connectivity index (χ4n) is 1.91. The van der Waals surface area contributed by atoms with E-state index in [0.717, 1.165) is 18.9 Å². The van der Waals surface area contributed by atoms with Crippen LogP contribution >= 0.6 is 0 Å². The van der Waals surface area contributed by atoms with Gasteiger partial charge < -0.3 is 10.1 Å². The molecule has 3 nitrogen and oxygen atoms in total. The Kier molecular flexibility index (Phi) is 11.7. The fourth-order valence-corrected chi connectivity index (χ4v) is 1.91. The molecule has 1 atom stereocenters. The zero-order chi connectivity index (χ0) is 14.5. The predicted molar refractivity (Wildman–Crippen MR) is 80.2 cm³/mol.